The summed E-state index contributed by atoms with van der Waals surface area (Å²) in [7, 11) is 0. The van der Waals surface area contributed by atoms with Crippen LogP contribution >= 0.6 is 0 Å². The number of carbonyl (C=O) groups excluding carboxylic acids is 1. The van der Waals surface area contributed by atoms with Crippen LogP contribution in [-0.4, -0.2) is 49.1 Å². The standard InChI is InChI=1S/C23H28N6O/c1-17-3-5-19(6-4-17)14-20-13-18(2)25-22(15-20)21-7-10-28(11-8-21)23(30)9-12-29-16-24-26-27-29/h3-6,13,15-16,21H,7-12,14H2,1-2H3. The smallest absolute Gasteiger partial charge is 0.224 e. The fraction of sp³-hybridized carbons (Fsp3) is 0.435. The molecule has 30 heavy (non-hydrogen) atoms. The van der Waals surface area contributed by atoms with Crippen molar-refractivity contribution in [3.8, 4) is 0 Å². The Kier molecular flexibility index (Phi) is 6.16. The molecule has 1 amide bonds. The second-order valence-electron chi connectivity index (χ2n) is 8.18. The summed E-state index contributed by atoms with van der Waals surface area (Å²) in [4.78, 5) is 19.3. The molecule has 2 aromatic heterocycles. The minimum atomic E-state index is 0.168. The lowest BCUT2D eigenvalue weighted by Gasteiger charge is -2.32. The third-order valence-corrected chi connectivity index (χ3v) is 5.77. The highest BCUT2D eigenvalue weighted by molar-refractivity contribution is 5.76. The first-order valence-electron chi connectivity index (χ1n) is 10.6. The van der Waals surface area contributed by atoms with Crippen molar-refractivity contribution in [2.45, 2.75) is 52.0 Å². The number of nitrogens with zero attached hydrogens (tertiary/aromatic N) is 6. The van der Waals surface area contributed by atoms with Crippen molar-refractivity contribution >= 4 is 5.91 Å². The van der Waals surface area contributed by atoms with Crippen LogP contribution in [0, 0.1) is 13.8 Å². The van der Waals surface area contributed by atoms with Gasteiger partial charge < -0.3 is 4.90 Å². The van der Waals surface area contributed by atoms with Gasteiger partial charge in [0.1, 0.15) is 6.33 Å². The van der Waals surface area contributed by atoms with Gasteiger partial charge in [0.25, 0.3) is 0 Å². The predicted molar refractivity (Wildman–Crippen MR) is 114 cm³/mol. The maximum Gasteiger partial charge on any atom is 0.224 e. The van der Waals surface area contributed by atoms with E-state index in [1.54, 1.807) is 4.68 Å². The number of piperidine rings is 1. The van der Waals surface area contributed by atoms with Gasteiger partial charge in [0.15, 0.2) is 0 Å². The van der Waals surface area contributed by atoms with Crippen LogP contribution in [0.3, 0.4) is 0 Å². The van der Waals surface area contributed by atoms with E-state index < -0.39 is 0 Å². The predicted octanol–water partition coefficient (Wildman–Crippen LogP) is 3.07. The number of hydrogen-bond acceptors (Lipinski definition) is 5. The minimum absolute atomic E-state index is 0.168. The second kappa shape index (κ2) is 9.15. The topological polar surface area (TPSA) is 76.8 Å². The van der Waals surface area contributed by atoms with E-state index in [2.05, 4.69) is 65.8 Å². The number of aryl methyl sites for hydroxylation is 3. The lowest BCUT2D eigenvalue weighted by Crippen LogP contribution is -2.38. The highest BCUT2D eigenvalue weighted by Gasteiger charge is 2.25. The van der Waals surface area contributed by atoms with E-state index in [1.165, 1.54) is 23.0 Å². The molecule has 0 radical (unpaired) electrons. The average molecular weight is 405 g/mol. The second-order valence-corrected chi connectivity index (χ2v) is 8.18. The summed E-state index contributed by atoms with van der Waals surface area (Å²) in [6, 6.07) is 13.2. The minimum Gasteiger partial charge on any atom is -0.343 e. The monoisotopic (exact) mass is 404 g/mol. The number of carbonyl (C=O) groups is 1. The molecule has 4 rings (SSSR count). The summed E-state index contributed by atoms with van der Waals surface area (Å²) < 4.78 is 1.59. The van der Waals surface area contributed by atoms with Gasteiger partial charge in [0.05, 0.1) is 6.54 Å². The summed E-state index contributed by atoms with van der Waals surface area (Å²) in [5.41, 5.74) is 6.14. The van der Waals surface area contributed by atoms with E-state index in [0.717, 1.165) is 43.7 Å². The van der Waals surface area contributed by atoms with Crippen LogP contribution in [0.15, 0.2) is 42.7 Å². The van der Waals surface area contributed by atoms with Crippen molar-refractivity contribution in [3.05, 3.63) is 70.8 Å². The number of likely N-dealkylation sites (tertiary alicyclic amines) is 1. The molecule has 0 saturated carbocycles. The summed E-state index contributed by atoms with van der Waals surface area (Å²) >= 11 is 0. The fourth-order valence-electron chi connectivity index (χ4n) is 4.10. The van der Waals surface area contributed by atoms with Gasteiger partial charge in [-0.3, -0.25) is 9.78 Å². The van der Waals surface area contributed by atoms with Gasteiger partial charge in [-0.05, 0) is 66.8 Å². The SMILES string of the molecule is Cc1ccc(Cc2cc(C)nc(C3CCN(C(=O)CCn4cnnn4)CC3)c2)cc1. The van der Waals surface area contributed by atoms with Gasteiger partial charge in [-0.2, -0.15) is 0 Å². The number of aromatic nitrogens is 5. The van der Waals surface area contributed by atoms with Gasteiger partial charge in [0, 0.05) is 36.8 Å². The molecule has 7 heteroatoms. The molecule has 156 valence electrons. The number of amides is 1. The van der Waals surface area contributed by atoms with E-state index in [4.69, 9.17) is 4.98 Å². The van der Waals surface area contributed by atoms with Crippen LogP contribution in [0.4, 0.5) is 0 Å². The molecule has 3 aromatic rings. The van der Waals surface area contributed by atoms with Gasteiger partial charge in [-0.15, -0.1) is 5.10 Å². The molecule has 1 saturated heterocycles. The average Bonchev–Trinajstić information content (AvgIpc) is 3.27. The van der Waals surface area contributed by atoms with E-state index in [0.29, 0.717) is 18.9 Å². The van der Waals surface area contributed by atoms with Crippen molar-refractivity contribution in [2.75, 3.05) is 13.1 Å². The Labute approximate surface area is 177 Å². The molecular weight excluding hydrogens is 376 g/mol. The third-order valence-electron chi connectivity index (χ3n) is 5.77. The Hall–Kier alpha value is -3.09. The number of hydrogen-bond donors (Lipinski definition) is 0. The zero-order valence-corrected chi connectivity index (χ0v) is 17.7. The lowest BCUT2D eigenvalue weighted by atomic mass is 9.91. The molecule has 7 nitrogen and oxygen atoms in total. The molecule has 1 fully saturated rings. The number of benzene rings is 1. The van der Waals surface area contributed by atoms with Crippen LogP contribution in [-0.2, 0) is 17.8 Å². The Bertz CT molecular complexity index is 975. The number of rotatable bonds is 6. The zero-order valence-electron chi connectivity index (χ0n) is 17.7. The Morgan fingerprint density at radius 3 is 2.53 bits per heavy atom. The summed E-state index contributed by atoms with van der Waals surface area (Å²) in [6.45, 7) is 6.26. The molecular formula is C23H28N6O. The largest absolute Gasteiger partial charge is 0.343 e. The number of pyridine rings is 1. The van der Waals surface area contributed by atoms with E-state index in [9.17, 15) is 4.79 Å². The van der Waals surface area contributed by atoms with Crippen molar-refractivity contribution in [1.29, 1.82) is 0 Å². The maximum atomic E-state index is 12.5. The first-order valence-corrected chi connectivity index (χ1v) is 10.6. The Balaban J connectivity index is 1.35. The zero-order chi connectivity index (χ0) is 20.9. The molecule has 0 spiro atoms. The lowest BCUT2D eigenvalue weighted by molar-refractivity contribution is -0.132. The van der Waals surface area contributed by atoms with Crippen LogP contribution in [0.2, 0.25) is 0 Å². The van der Waals surface area contributed by atoms with E-state index in [1.807, 2.05) is 4.90 Å². The van der Waals surface area contributed by atoms with Gasteiger partial charge in [-0.25, -0.2) is 4.68 Å². The molecule has 1 aliphatic heterocycles. The molecule has 0 bridgehead atoms. The first-order chi connectivity index (χ1) is 14.6. The summed E-state index contributed by atoms with van der Waals surface area (Å²) in [5.74, 6) is 0.575. The fourth-order valence-corrected chi connectivity index (χ4v) is 4.10. The molecule has 0 N–H and O–H groups in total. The van der Waals surface area contributed by atoms with Crippen LogP contribution in [0.1, 0.15) is 53.3 Å². The van der Waals surface area contributed by atoms with Crippen molar-refractivity contribution in [3.63, 3.8) is 0 Å². The number of tetrazole rings is 1. The molecule has 1 aromatic carbocycles. The van der Waals surface area contributed by atoms with E-state index in [-0.39, 0.29) is 5.91 Å². The summed E-state index contributed by atoms with van der Waals surface area (Å²) in [5, 5.41) is 11.0. The quantitative estimate of drug-likeness (QED) is 0.631. The Morgan fingerprint density at radius 2 is 1.83 bits per heavy atom. The third kappa shape index (κ3) is 5.09. The first kappa shape index (κ1) is 20.2. The van der Waals surface area contributed by atoms with Crippen LogP contribution in [0.5, 0.6) is 0 Å². The molecule has 1 aliphatic rings. The van der Waals surface area contributed by atoms with Gasteiger partial charge in [-0.1, -0.05) is 29.8 Å². The molecule has 0 aliphatic carbocycles. The van der Waals surface area contributed by atoms with Crippen molar-refractivity contribution in [2.24, 2.45) is 0 Å². The van der Waals surface area contributed by atoms with Crippen molar-refractivity contribution in [1.82, 2.24) is 30.1 Å². The molecule has 3 heterocycles. The highest BCUT2D eigenvalue weighted by Crippen LogP contribution is 2.28. The van der Waals surface area contributed by atoms with E-state index >= 15 is 0 Å². The molecule has 0 unspecified atom stereocenters. The highest BCUT2D eigenvalue weighted by atomic mass is 16.2. The normalized spacial score (nSPS) is 14.8. The maximum absolute atomic E-state index is 12.5. The van der Waals surface area contributed by atoms with Crippen LogP contribution in [0.25, 0.3) is 0 Å². The Morgan fingerprint density at radius 1 is 1.07 bits per heavy atom. The van der Waals surface area contributed by atoms with Gasteiger partial charge in [0.2, 0.25) is 5.91 Å². The van der Waals surface area contributed by atoms with Gasteiger partial charge >= 0.3 is 0 Å². The molecule has 0 atom stereocenters. The van der Waals surface area contributed by atoms with Crippen molar-refractivity contribution < 1.29 is 4.79 Å². The van der Waals surface area contributed by atoms with Crippen LogP contribution < -0.4 is 0 Å². The summed E-state index contributed by atoms with van der Waals surface area (Å²) in [6.07, 6.45) is 4.80.